The highest BCUT2D eigenvalue weighted by Crippen LogP contribution is 2.27. The second kappa shape index (κ2) is 3.54. The second-order valence-corrected chi connectivity index (χ2v) is 5.50. The molecule has 3 aromatic carbocycles. The van der Waals surface area contributed by atoms with Gasteiger partial charge in [0, 0.05) is 0 Å². The van der Waals surface area contributed by atoms with Crippen LogP contribution in [0.25, 0.3) is 21.5 Å². The standard InChI is InChI=1S/C18H12N2/c1-3-13(17-9-19-17)7-15-6-12-2-4-14(18-10-20-18)8-16(12)5-11(1)15/h1-8H,9-10H2. The van der Waals surface area contributed by atoms with Crippen molar-refractivity contribution < 1.29 is 0 Å². The van der Waals surface area contributed by atoms with Gasteiger partial charge in [-0.25, -0.2) is 0 Å². The molecule has 0 fully saturated rings. The first-order valence-corrected chi connectivity index (χ1v) is 6.92. The lowest BCUT2D eigenvalue weighted by Gasteiger charge is -2.05. The van der Waals surface area contributed by atoms with Gasteiger partial charge in [-0.15, -0.1) is 0 Å². The van der Waals surface area contributed by atoms with Gasteiger partial charge in [-0.05, 0) is 56.9 Å². The Morgan fingerprint density at radius 2 is 1.00 bits per heavy atom. The summed E-state index contributed by atoms with van der Waals surface area (Å²) in [6, 6.07) is 17.8. The van der Waals surface area contributed by atoms with Crippen LogP contribution in [0.1, 0.15) is 11.1 Å². The summed E-state index contributed by atoms with van der Waals surface area (Å²) < 4.78 is 0. The highest BCUT2D eigenvalue weighted by Gasteiger charge is 2.14. The molecule has 2 nitrogen and oxygen atoms in total. The van der Waals surface area contributed by atoms with E-state index in [4.69, 9.17) is 0 Å². The van der Waals surface area contributed by atoms with Gasteiger partial charge >= 0.3 is 0 Å². The predicted molar refractivity (Wildman–Crippen MR) is 84.3 cm³/mol. The molecule has 0 saturated heterocycles. The summed E-state index contributed by atoms with van der Waals surface area (Å²) in [6.07, 6.45) is 0. The quantitative estimate of drug-likeness (QED) is 0.626. The molecule has 2 heteroatoms. The van der Waals surface area contributed by atoms with Crippen LogP contribution < -0.4 is 0 Å². The molecule has 0 radical (unpaired) electrons. The van der Waals surface area contributed by atoms with Crippen LogP contribution in [0.15, 0.2) is 58.5 Å². The van der Waals surface area contributed by atoms with Crippen LogP contribution in [0, 0.1) is 0 Å². The minimum atomic E-state index is 0.907. The number of hydrogen-bond donors (Lipinski definition) is 0. The highest BCUT2D eigenvalue weighted by molar-refractivity contribution is 6.14. The SMILES string of the molecule is c1cc2cc3cc(C4=NC4)ccc3cc2cc1C1=NC1. The van der Waals surface area contributed by atoms with Crippen LogP contribution in [0.2, 0.25) is 0 Å². The third-order valence-corrected chi connectivity index (χ3v) is 4.09. The van der Waals surface area contributed by atoms with E-state index in [9.17, 15) is 0 Å². The van der Waals surface area contributed by atoms with Crippen molar-refractivity contribution in [2.24, 2.45) is 9.98 Å². The van der Waals surface area contributed by atoms with Crippen molar-refractivity contribution in [2.75, 3.05) is 13.1 Å². The zero-order valence-corrected chi connectivity index (χ0v) is 10.9. The molecular formula is C18H12N2. The Labute approximate surface area is 116 Å². The Hall–Kier alpha value is -2.48. The van der Waals surface area contributed by atoms with E-state index in [0.717, 1.165) is 13.1 Å². The smallest absolute Gasteiger partial charge is 0.0817 e. The van der Waals surface area contributed by atoms with Crippen LogP contribution >= 0.6 is 0 Å². The van der Waals surface area contributed by atoms with E-state index in [1.54, 1.807) is 0 Å². The lowest BCUT2D eigenvalue weighted by atomic mass is 9.99. The molecule has 0 saturated carbocycles. The third kappa shape index (κ3) is 1.58. The molecule has 2 heterocycles. The van der Waals surface area contributed by atoms with Crippen molar-refractivity contribution in [2.45, 2.75) is 0 Å². The molecular weight excluding hydrogens is 244 g/mol. The molecule has 3 aromatic rings. The summed E-state index contributed by atoms with van der Waals surface area (Å²) >= 11 is 0. The lowest BCUT2D eigenvalue weighted by Crippen LogP contribution is -1.89. The average molecular weight is 256 g/mol. The minimum Gasteiger partial charge on any atom is -0.281 e. The normalized spacial score (nSPS) is 16.2. The van der Waals surface area contributed by atoms with Gasteiger partial charge in [0.1, 0.15) is 0 Å². The first-order valence-electron chi connectivity index (χ1n) is 6.92. The largest absolute Gasteiger partial charge is 0.281 e. The first kappa shape index (κ1) is 10.3. The van der Waals surface area contributed by atoms with Gasteiger partial charge < -0.3 is 0 Å². The van der Waals surface area contributed by atoms with Crippen LogP contribution in [0.5, 0.6) is 0 Å². The summed E-state index contributed by atoms with van der Waals surface area (Å²) in [7, 11) is 0. The Morgan fingerprint density at radius 3 is 1.40 bits per heavy atom. The highest BCUT2D eigenvalue weighted by atomic mass is 14.9. The van der Waals surface area contributed by atoms with Crippen molar-refractivity contribution in [1.29, 1.82) is 0 Å². The molecule has 0 unspecified atom stereocenters. The number of fused-ring (bicyclic) bond motifs is 2. The Balaban J connectivity index is 1.75. The second-order valence-electron chi connectivity index (χ2n) is 5.50. The maximum Gasteiger partial charge on any atom is 0.0817 e. The van der Waals surface area contributed by atoms with Crippen molar-refractivity contribution in [3.63, 3.8) is 0 Å². The Bertz CT molecular complexity index is 869. The van der Waals surface area contributed by atoms with Crippen molar-refractivity contribution in [3.8, 4) is 0 Å². The number of rotatable bonds is 2. The summed E-state index contributed by atoms with van der Waals surface area (Å²) in [5, 5.41) is 5.16. The van der Waals surface area contributed by atoms with Gasteiger partial charge in [-0.3, -0.25) is 9.98 Å². The zero-order valence-electron chi connectivity index (χ0n) is 10.9. The van der Waals surface area contributed by atoms with E-state index >= 15 is 0 Å². The molecule has 0 N–H and O–H groups in total. The molecule has 20 heavy (non-hydrogen) atoms. The first-order chi connectivity index (χ1) is 9.87. The monoisotopic (exact) mass is 256 g/mol. The van der Waals surface area contributed by atoms with Crippen LogP contribution in [0.3, 0.4) is 0 Å². The number of hydrogen-bond acceptors (Lipinski definition) is 2. The molecule has 5 rings (SSSR count). The molecule has 0 spiro atoms. The molecule has 94 valence electrons. The van der Waals surface area contributed by atoms with Gasteiger partial charge in [-0.1, -0.05) is 24.3 Å². The van der Waals surface area contributed by atoms with Gasteiger partial charge in [0.25, 0.3) is 0 Å². The molecule has 0 atom stereocenters. The molecule has 0 aliphatic carbocycles. The van der Waals surface area contributed by atoms with Crippen LogP contribution in [0.4, 0.5) is 0 Å². The number of aliphatic imine (C=N–C) groups is 2. The van der Waals surface area contributed by atoms with E-state index in [2.05, 4.69) is 58.5 Å². The van der Waals surface area contributed by atoms with Crippen LogP contribution in [-0.4, -0.2) is 24.5 Å². The van der Waals surface area contributed by atoms with E-state index in [-0.39, 0.29) is 0 Å². The molecule has 0 bridgehead atoms. The fraction of sp³-hybridized carbons (Fsp3) is 0.111. The predicted octanol–water partition coefficient (Wildman–Crippen LogP) is 3.60. The van der Waals surface area contributed by atoms with E-state index in [1.807, 2.05) is 0 Å². The zero-order chi connectivity index (χ0) is 13.1. The van der Waals surface area contributed by atoms with Gasteiger partial charge in [0.15, 0.2) is 0 Å². The fourth-order valence-corrected chi connectivity index (χ4v) is 2.80. The summed E-state index contributed by atoms with van der Waals surface area (Å²) in [5.41, 5.74) is 4.99. The summed E-state index contributed by atoms with van der Waals surface area (Å²) in [5.74, 6) is 0. The van der Waals surface area contributed by atoms with Crippen molar-refractivity contribution in [1.82, 2.24) is 0 Å². The average Bonchev–Trinajstić information content (AvgIpc) is 3.37. The minimum absolute atomic E-state index is 0.907. The summed E-state index contributed by atoms with van der Waals surface area (Å²) in [4.78, 5) is 8.57. The molecule has 0 amide bonds. The Morgan fingerprint density at radius 1 is 0.550 bits per heavy atom. The Kier molecular flexibility index (Phi) is 1.83. The molecule has 2 aliphatic rings. The van der Waals surface area contributed by atoms with Crippen molar-refractivity contribution >= 4 is 33.0 Å². The topological polar surface area (TPSA) is 24.7 Å². The maximum absolute atomic E-state index is 4.28. The summed E-state index contributed by atoms with van der Waals surface area (Å²) in [6.45, 7) is 1.81. The molecule has 2 aliphatic heterocycles. The third-order valence-electron chi connectivity index (χ3n) is 4.09. The van der Waals surface area contributed by atoms with Crippen LogP contribution in [-0.2, 0) is 0 Å². The lowest BCUT2D eigenvalue weighted by molar-refractivity contribution is 1.57. The number of benzene rings is 3. The number of nitrogens with zero attached hydrogens (tertiary/aromatic N) is 2. The van der Waals surface area contributed by atoms with Crippen molar-refractivity contribution in [3.05, 3.63) is 59.7 Å². The van der Waals surface area contributed by atoms with E-state index in [1.165, 1.54) is 44.1 Å². The molecule has 0 aromatic heterocycles. The fourth-order valence-electron chi connectivity index (χ4n) is 2.80. The van der Waals surface area contributed by atoms with Gasteiger partial charge in [0.2, 0.25) is 0 Å². The van der Waals surface area contributed by atoms with Gasteiger partial charge in [-0.2, -0.15) is 0 Å². The van der Waals surface area contributed by atoms with E-state index < -0.39 is 0 Å². The maximum atomic E-state index is 4.28. The van der Waals surface area contributed by atoms with E-state index in [0.29, 0.717) is 0 Å². The van der Waals surface area contributed by atoms with Gasteiger partial charge in [0.05, 0.1) is 24.5 Å².